The third-order valence-electron chi connectivity index (χ3n) is 8.59. The molecule has 1 aliphatic heterocycles. The van der Waals surface area contributed by atoms with Crippen molar-refractivity contribution in [3.8, 4) is 0 Å². The lowest BCUT2D eigenvalue weighted by atomic mass is 9.81. The zero-order valence-electron chi connectivity index (χ0n) is 21.4. The Morgan fingerprint density at radius 1 is 1.14 bits per heavy atom. The molecule has 2 bridgehead atoms. The van der Waals surface area contributed by atoms with Crippen molar-refractivity contribution in [1.29, 1.82) is 0 Å². The van der Waals surface area contributed by atoms with Crippen LogP contribution in [0.5, 0.6) is 0 Å². The fraction of sp³-hybridized carbons (Fsp3) is 0.607. The van der Waals surface area contributed by atoms with Crippen LogP contribution in [0, 0.1) is 29.1 Å². The first kappa shape index (κ1) is 27.8. The quantitative estimate of drug-likeness (QED) is 0.222. The molecule has 3 fully saturated rings. The van der Waals surface area contributed by atoms with Crippen molar-refractivity contribution in [2.24, 2.45) is 29.1 Å². The van der Waals surface area contributed by atoms with Gasteiger partial charge in [-0.25, -0.2) is 0 Å². The number of methoxy groups -OCH3 is 1. The molecule has 3 aliphatic carbocycles. The summed E-state index contributed by atoms with van der Waals surface area (Å²) in [6.45, 7) is 3.43. The van der Waals surface area contributed by atoms with Crippen molar-refractivity contribution in [2.45, 2.75) is 44.6 Å². The minimum atomic E-state index is -0.291. The van der Waals surface area contributed by atoms with E-state index in [1.165, 1.54) is 12.8 Å². The number of carbonyl (C=O) groups excluding carboxylic acids is 2. The number of likely N-dealkylation sites (tertiary alicyclic amines) is 1. The molecule has 0 aromatic heterocycles. The largest absolute Gasteiger partial charge is 0.483 e. The maximum absolute atomic E-state index is 13.4. The Hall–Kier alpha value is -2.23. The second kappa shape index (κ2) is 12.5. The molecule has 2 saturated carbocycles. The summed E-state index contributed by atoms with van der Waals surface area (Å²) in [4.78, 5) is 37.6. The van der Waals surface area contributed by atoms with Gasteiger partial charge in [-0.3, -0.25) is 19.3 Å². The first-order valence-corrected chi connectivity index (χ1v) is 14.1. The van der Waals surface area contributed by atoms with Crippen LogP contribution < -0.4 is 10.6 Å². The predicted molar refractivity (Wildman–Crippen MR) is 145 cm³/mol. The monoisotopic (exact) mass is 575 g/mol. The summed E-state index contributed by atoms with van der Waals surface area (Å²) in [5.74, 6) is -0.159. The molecule has 202 valence electrons. The number of benzene rings is 1. The smallest absolute Gasteiger partial charge is 0.290 e. The molecule has 8 nitrogen and oxygen atoms in total. The molecule has 1 heterocycles. The lowest BCUT2D eigenvalue weighted by molar-refractivity contribution is -0.132. The Morgan fingerprint density at radius 3 is 2.41 bits per heavy atom. The van der Waals surface area contributed by atoms with Gasteiger partial charge < -0.3 is 20.5 Å². The highest BCUT2D eigenvalue weighted by Gasteiger charge is 2.69. The number of halogens is 1. The number of rotatable bonds is 10. The van der Waals surface area contributed by atoms with Gasteiger partial charge in [0.2, 0.25) is 11.8 Å². The summed E-state index contributed by atoms with van der Waals surface area (Å²) in [7, 11) is 1.77. The molecule has 5 atom stereocenters. The van der Waals surface area contributed by atoms with Crippen LogP contribution in [-0.4, -0.2) is 67.7 Å². The van der Waals surface area contributed by atoms with E-state index in [9.17, 15) is 9.59 Å². The fourth-order valence-corrected chi connectivity index (χ4v) is 7.07. The number of nitrogens with zero attached hydrogens (tertiary/aromatic N) is 1. The summed E-state index contributed by atoms with van der Waals surface area (Å²) in [6.07, 6.45) is 11.2. The highest BCUT2D eigenvalue weighted by atomic mass is 79.9. The Labute approximate surface area is 227 Å². The van der Waals surface area contributed by atoms with Gasteiger partial charge in [0.05, 0.1) is 18.4 Å². The standard InChI is InChI=1S/C27H36BrN3O3.CH2O2/c1-34-17-20-5-4-16-31(20)15-3-2-14-29-25(32)23-21-10-11-22(27(21)12-13-27)24(23)26(33)30-19-8-6-18(28)7-9-19;2-1-3/h6-11,20-24H,2-5,12-17H2,1H3,(H,29,32)(H,30,33);1H,(H,2,3)/t20?,21-,22+,23-,24-;/m1./s1. The molecule has 0 radical (unpaired) electrons. The van der Waals surface area contributed by atoms with Crippen molar-refractivity contribution in [2.75, 3.05) is 38.7 Å². The zero-order chi connectivity index (χ0) is 26.4. The number of ether oxygens (including phenoxy) is 1. The van der Waals surface area contributed by atoms with Crippen molar-refractivity contribution in [3.05, 3.63) is 40.9 Å². The summed E-state index contributed by atoms with van der Waals surface area (Å²) >= 11 is 3.44. The van der Waals surface area contributed by atoms with E-state index >= 15 is 0 Å². The number of nitrogens with one attached hydrogen (secondary N) is 2. The number of carboxylic acid groups (broad SMARTS) is 1. The van der Waals surface area contributed by atoms with Crippen molar-refractivity contribution >= 4 is 39.9 Å². The van der Waals surface area contributed by atoms with Gasteiger partial charge in [-0.2, -0.15) is 0 Å². The van der Waals surface area contributed by atoms with Crippen molar-refractivity contribution in [3.63, 3.8) is 0 Å². The number of amides is 2. The minimum absolute atomic E-state index is 0.0242. The number of carbonyl (C=O) groups is 3. The number of hydrogen-bond acceptors (Lipinski definition) is 5. The summed E-state index contributed by atoms with van der Waals surface area (Å²) < 4.78 is 6.32. The van der Waals surface area contributed by atoms with E-state index < -0.39 is 0 Å². The molecule has 1 aromatic carbocycles. The molecule has 5 rings (SSSR count). The van der Waals surface area contributed by atoms with Gasteiger partial charge in [0.15, 0.2) is 0 Å². The highest BCUT2D eigenvalue weighted by Crippen LogP contribution is 2.72. The molecule has 37 heavy (non-hydrogen) atoms. The molecule has 2 amide bonds. The normalized spacial score (nSPS) is 28.5. The van der Waals surface area contributed by atoms with Crippen LogP contribution in [0.3, 0.4) is 0 Å². The summed E-state index contributed by atoms with van der Waals surface area (Å²) in [5, 5.41) is 13.2. The van der Waals surface area contributed by atoms with E-state index in [0.29, 0.717) is 12.6 Å². The van der Waals surface area contributed by atoms with E-state index in [-0.39, 0.29) is 47.4 Å². The van der Waals surface area contributed by atoms with Crippen LogP contribution in [0.25, 0.3) is 0 Å². The Balaban J connectivity index is 0.00000102. The number of unbranched alkanes of at least 4 members (excludes halogenated alkanes) is 1. The summed E-state index contributed by atoms with van der Waals surface area (Å²) in [6, 6.07) is 8.17. The lowest BCUT2D eigenvalue weighted by Crippen LogP contribution is -2.42. The van der Waals surface area contributed by atoms with E-state index in [1.807, 2.05) is 24.3 Å². The molecule has 1 saturated heterocycles. The maximum Gasteiger partial charge on any atom is 0.290 e. The van der Waals surface area contributed by atoms with Crippen LogP contribution >= 0.6 is 15.9 Å². The maximum atomic E-state index is 13.4. The second-order valence-corrected chi connectivity index (χ2v) is 11.5. The van der Waals surface area contributed by atoms with Crippen molar-refractivity contribution in [1.82, 2.24) is 10.2 Å². The molecular weight excluding hydrogens is 538 g/mol. The zero-order valence-corrected chi connectivity index (χ0v) is 23.0. The molecule has 1 unspecified atom stereocenters. The van der Waals surface area contributed by atoms with Gasteiger partial charge in [0.1, 0.15) is 0 Å². The Morgan fingerprint density at radius 2 is 1.78 bits per heavy atom. The first-order chi connectivity index (χ1) is 17.9. The van der Waals surface area contributed by atoms with Gasteiger partial charge in [-0.1, -0.05) is 28.1 Å². The molecule has 3 N–H and O–H groups in total. The first-order valence-electron chi connectivity index (χ1n) is 13.3. The summed E-state index contributed by atoms with van der Waals surface area (Å²) in [5.41, 5.74) is 0.924. The molecule has 9 heteroatoms. The predicted octanol–water partition coefficient (Wildman–Crippen LogP) is 3.92. The second-order valence-electron chi connectivity index (χ2n) is 10.6. The van der Waals surface area contributed by atoms with Crippen molar-refractivity contribution < 1.29 is 24.2 Å². The fourth-order valence-electron chi connectivity index (χ4n) is 6.81. The average Bonchev–Trinajstić information content (AvgIpc) is 3.34. The molecule has 1 aromatic rings. The number of hydrogen-bond donors (Lipinski definition) is 3. The van der Waals surface area contributed by atoms with Gasteiger partial charge in [0, 0.05) is 29.9 Å². The van der Waals surface area contributed by atoms with Crippen LogP contribution in [0.4, 0.5) is 5.69 Å². The minimum Gasteiger partial charge on any atom is -0.483 e. The van der Waals surface area contributed by atoms with Gasteiger partial charge in [0.25, 0.3) is 6.47 Å². The van der Waals surface area contributed by atoms with Gasteiger partial charge in [-0.05, 0) is 93.1 Å². The van der Waals surface area contributed by atoms with Crippen LogP contribution in [0.1, 0.15) is 38.5 Å². The van der Waals surface area contributed by atoms with E-state index in [2.05, 4.69) is 43.6 Å². The Bertz CT molecular complexity index is 981. The molecule has 4 aliphatic rings. The highest BCUT2D eigenvalue weighted by molar-refractivity contribution is 9.10. The Kier molecular flexibility index (Phi) is 9.42. The van der Waals surface area contributed by atoms with E-state index in [1.54, 1.807) is 7.11 Å². The molecule has 1 spiro atoms. The van der Waals surface area contributed by atoms with Crippen LogP contribution in [0.15, 0.2) is 40.9 Å². The SMILES string of the molecule is COCC1CCCN1CCCCNC(=O)[C@H]1[C@H](C(=O)Nc2ccc(Br)cc2)[C@@H]2C=C[C@H]1C21CC1.O=CO. The van der Waals surface area contributed by atoms with E-state index in [0.717, 1.165) is 55.5 Å². The topological polar surface area (TPSA) is 108 Å². The van der Waals surface area contributed by atoms with Gasteiger partial charge in [-0.15, -0.1) is 0 Å². The number of allylic oxidation sites excluding steroid dienone is 2. The van der Waals surface area contributed by atoms with Crippen LogP contribution in [0.2, 0.25) is 0 Å². The number of anilines is 1. The van der Waals surface area contributed by atoms with Gasteiger partial charge >= 0.3 is 0 Å². The third kappa shape index (κ3) is 6.10. The average molecular weight is 577 g/mol. The molecular formula is C28H38BrN3O5. The third-order valence-corrected chi connectivity index (χ3v) is 9.12. The van der Waals surface area contributed by atoms with Crippen LogP contribution in [-0.2, 0) is 19.1 Å². The lowest BCUT2D eigenvalue weighted by Gasteiger charge is -2.26. The van der Waals surface area contributed by atoms with E-state index in [4.69, 9.17) is 14.6 Å².